The number of carboxylic acid groups (broad SMARTS) is 2. The standard InChI is InChI=1S/C12H19NO3S2.C2HF3O2/c14-10(15)4-6-17-18-7-5-13-12(16)11-8-2-1-3-9(8)11;3-2(4,5)1(6)7/h8-9,11H,1-7H2,(H,13,16)(H,14,15);(H,6,7). The number of aliphatic carboxylic acids is 2. The van der Waals surface area contributed by atoms with E-state index in [0.29, 0.717) is 30.1 Å². The van der Waals surface area contributed by atoms with E-state index in [-0.39, 0.29) is 12.3 Å². The van der Waals surface area contributed by atoms with Gasteiger partial charge in [-0.25, -0.2) is 4.79 Å². The molecule has 0 aromatic carbocycles. The molecule has 0 bridgehead atoms. The van der Waals surface area contributed by atoms with Crippen LogP contribution in [-0.2, 0) is 14.4 Å². The molecule has 0 aromatic heterocycles. The fraction of sp³-hybridized carbons (Fsp3) is 0.786. The zero-order valence-corrected chi connectivity index (χ0v) is 14.9. The van der Waals surface area contributed by atoms with Gasteiger partial charge in [-0.15, -0.1) is 0 Å². The molecule has 2 aliphatic rings. The highest BCUT2D eigenvalue weighted by atomic mass is 33.1. The largest absolute Gasteiger partial charge is 0.490 e. The summed E-state index contributed by atoms with van der Waals surface area (Å²) in [4.78, 5) is 31.0. The Kier molecular flexibility index (Phi) is 8.91. The Hall–Kier alpha value is -1.10. The number of nitrogens with one attached hydrogen (secondary N) is 1. The molecule has 0 aliphatic heterocycles. The average Bonchev–Trinajstić information content (AvgIpc) is 2.98. The van der Waals surface area contributed by atoms with Crippen molar-refractivity contribution in [3.63, 3.8) is 0 Å². The van der Waals surface area contributed by atoms with Gasteiger partial charge in [0, 0.05) is 24.0 Å². The van der Waals surface area contributed by atoms with Gasteiger partial charge in [0.15, 0.2) is 0 Å². The summed E-state index contributed by atoms with van der Waals surface area (Å²) < 4.78 is 31.7. The summed E-state index contributed by atoms with van der Waals surface area (Å²) in [6.07, 6.45) is -1.10. The molecule has 6 nitrogen and oxygen atoms in total. The van der Waals surface area contributed by atoms with Crippen molar-refractivity contribution in [2.24, 2.45) is 17.8 Å². The van der Waals surface area contributed by atoms with Crippen LogP contribution in [0.4, 0.5) is 13.2 Å². The van der Waals surface area contributed by atoms with E-state index in [0.717, 1.165) is 5.75 Å². The normalized spacial score (nSPS) is 23.9. The number of carboxylic acids is 2. The minimum Gasteiger partial charge on any atom is -0.481 e. The summed E-state index contributed by atoms with van der Waals surface area (Å²) in [6.45, 7) is 0.694. The number of alkyl halides is 3. The molecule has 1 amide bonds. The van der Waals surface area contributed by atoms with E-state index in [2.05, 4.69) is 5.32 Å². The van der Waals surface area contributed by atoms with Crippen molar-refractivity contribution in [2.45, 2.75) is 31.9 Å². The molecule has 2 aliphatic carbocycles. The molecule has 0 aromatic rings. The maximum atomic E-state index is 11.8. The Morgan fingerprint density at radius 3 is 2.04 bits per heavy atom. The lowest BCUT2D eigenvalue weighted by molar-refractivity contribution is -0.192. The molecule has 0 spiro atoms. The zero-order chi connectivity index (χ0) is 19.0. The molecule has 2 rings (SSSR count). The van der Waals surface area contributed by atoms with E-state index in [1.807, 2.05) is 0 Å². The van der Waals surface area contributed by atoms with Crippen LogP contribution < -0.4 is 5.32 Å². The van der Waals surface area contributed by atoms with Gasteiger partial charge in [0.05, 0.1) is 6.42 Å². The minimum absolute atomic E-state index is 0.204. The van der Waals surface area contributed by atoms with Crippen LogP contribution in [0, 0.1) is 17.8 Å². The summed E-state index contributed by atoms with van der Waals surface area (Å²) in [5.74, 6) is -0.127. The lowest BCUT2D eigenvalue weighted by Gasteiger charge is -2.05. The Morgan fingerprint density at radius 2 is 1.56 bits per heavy atom. The van der Waals surface area contributed by atoms with Crippen molar-refractivity contribution in [2.75, 3.05) is 18.1 Å². The maximum absolute atomic E-state index is 11.8. The van der Waals surface area contributed by atoms with Crippen LogP contribution in [0.2, 0.25) is 0 Å². The summed E-state index contributed by atoms with van der Waals surface area (Å²) in [5, 5.41) is 18.6. The lowest BCUT2D eigenvalue weighted by Crippen LogP contribution is -2.28. The fourth-order valence-corrected chi connectivity index (χ4v) is 4.68. The molecular formula is C14H20F3NO5S2. The molecule has 144 valence electrons. The molecule has 2 fully saturated rings. The van der Waals surface area contributed by atoms with Gasteiger partial charge < -0.3 is 15.5 Å². The second-order valence-electron chi connectivity index (χ2n) is 5.67. The van der Waals surface area contributed by atoms with E-state index in [4.69, 9.17) is 15.0 Å². The molecule has 0 radical (unpaired) electrons. The molecule has 25 heavy (non-hydrogen) atoms. The number of halogens is 3. The Labute approximate surface area is 150 Å². The van der Waals surface area contributed by atoms with Crippen LogP contribution in [0.3, 0.4) is 0 Å². The van der Waals surface area contributed by atoms with Crippen molar-refractivity contribution < 1.29 is 37.8 Å². The van der Waals surface area contributed by atoms with Crippen molar-refractivity contribution in [3.8, 4) is 0 Å². The first-order chi connectivity index (χ1) is 11.6. The van der Waals surface area contributed by atoms with Gasteiger partial charge in [0.1, 0.15) is 0 Å². The highest BCUT2D eigenvalue weighted by Crippen LogP contribution is 2.57. The molecule has 11 heteroatoms. The Bertz CT molecular complexity index is 480. The first-order valence-corrected chi connectivity index (χ1v) is 10.2. The first-order valence-electron chi connectivity index (χ1n) is 7.68. The van der Waals surface area contributed by atoms with Crippen LogP contribution >= 0.6 is 21.6 Å². The number of carbonyl (C=O) groups excluding carboxylic acids is 1. The highest BCUT2D eigenvalue weighted by molar-refractivity contribution is 8.76. The maximum Gasteiger partial charge on any atom is 0.490 e. The number of amides is 1. The summed E-state index contributed by atoms with van der Waals surface area (Å²) in [5.41, 5.74) is 0. The van der Waals surface area contributed by atoms with Gasteiger partial charge in [-0.3, -0.25) is 9.59 Å². The molecule has 2 atom stereocenters. The second kappa shape index (κ2) is 10.1. The van der Waals surface area contributed by atoms with Gasteiger partial charge in [-0.1, -0.05) is 28.0 Å². The van der Waals surface area contributed by atoms with Crippen LogP contribution in [0.25, 0.3) is 0 Å². The van der Waals surface area contributed by atoms with Crippen LogP contribution in [0.1, 0.15) is 25.7 Å². The van der Waals surface area contributed by atoms with Gasteiger partial charge in [0.2, 0.25) is 5.91 Å². The molecular weight excluding hydrogens is 383 g/mol. The topological polar surface area (TPSA) is 104 Å². The second-order valence-corrected chi connectivity index (χ2v) is 8.37. The van der Waals surface area contributed by atoms with E-state index in [9.17, 15) is 22.8 Å². The smallest absolute Gasteiger partial charge is 0.481 e. The quantitative estimate of drug-likeness (QED) is 0.423. The number of hydrogen-bond acceptors (Lipinski definition) is 5. The summed E-state index contributed by atoms with van der Waals surface area (Å²) in [7, 11) is 3.19. The predicted octanol–water partition coefficient (Wildman–Crippen LogP) is 2.64. The van der Waals surface area contributed by atoms with E-state index in [1.54, 1.807) is 21.6 Å². The van der Waals surface area contributed by atoms with E-state index >= 15 is 0 Å². The third-order valence-electron chi connectivity index (χ3n) is 3.92. The molecule has 2 saturated carbocycles. The Balaban J connectivity index is 0.000000381. The lowest BCUT2D eigenvalue weighted by atomic mass is 10.1. The van der Waals surface area contributed by atoms with E-state index < -0.39 is 18.1 Å². The average molecular weight is 403 g/mol. The fourth-order valence-electron chi connectivity index (χ4n) is 2.79. The van der Waals surface area contributed by atoms with Crippen LogP contribution in [0.5, 0.6) is 0 Å². The molecule has 0 heterocycles. The van der Waals surface area contributed by atoms with Crippen LogP contribution in [0.15, 0.2) is 0 Å². The minimum atomic E-state index is -5.08. The summed E-state index contributed by atoms with van der Waals surface area (Å²) in [6, 6.07) is 0. The predicted molar refractivity (Wildman–Crippen MR) is 88.2 cm³/mol. The van der Waals surface area contributed by atoms with Crippen molar-refractivity contribution in [1.82, 2.24) is 5.32 Å². The number of carbonyl (C=O) groups is 3. The first kappa shape index (κ1) is 21.9. The third-order valence-corrected chi connectivity index (χ3v) is 6.33. The molecule has 0 saturated heterocycles. The number of rotatable bonds is 8. The van der Waals surface area contributed by atoms with Crippen LogP contribution in [-0.4, -0.2) is 52.3 Å². The van der Waals surface area contributed by atoms with Gasteiger partial charge in [-0.2, -0.15) is 13.2 Å². The highest BCUT2D eigenvalue weighted by Gasteiger charge is 2.56. The number of hydrogen-bond donors (Lipinski definition) is 3. The third kappa shape index (κ3) is 8.21. The zero-order valence-electron chi connectivity index (χ0n) is 13.3. The van der Waals surface area contributed by atoms with Crippen molar-refractivity contribution in [3.05, 3.63) is 0 Å². The van der Waals surface area contributed by atoms with Crippen molar-refractivity contribution in [1.29, 1.82) is 0 Å². The summed E-state index contributed by atoms with van der Waals surface area (Å²) >= 11 is 0. The molecule has 2 unspecified atom stereocenters. The number of fused-ring (bicyclic) bond motifs is 1. The van der Waals surface area contributed by atoms with Gasteiger partial charge in [-0.05, 0) is 24.7 Å². The molecule has 3 N–H and O–H groups in total. The van der Waals surface area contributed by atoms with Gasteiger partial charge >= 0.3 is 18.1 Å². The monoisotopic (exact) mass is 403 g/mol. The SMILES string of the molecule is O=C(O)C(F)(F)F.O=C(O)CCSSCCNC(=O)C1C2CCCC21. The van der Waals surface area contributed by atoms with Crippen molar-refractivity contribution >= 4 is 39.4 Å². The van der Waals surface area contributed by atoms with E-state index in [1.165, 1.54) is 19.3 Å². The Morgan fingerprint density at radius 1 is 1.04 bits per heavy atom. The van der Waals surface area contributed by atoms with Gasteiger partial charge in [0.25, 0.3) is 0 Å².